The van der Waals surface area contributed by atoms with Crippen LogP contribution in [-0.4, -0.2) is 102 Å². The maximum Gasteiger partial charge on any atom is 0.409 e. The molecule has 4 fully saturated rings. The summed E-state index contributed by atoms with van der Waals surface area (Å²) in [6.45, 7) is 6.75. The van der Waals surface area contributed by atoms with Crippen molar-refractivity contribution in [1.29, 1.82) is 0 Å². The maximum absolute atomic E-state index is 16.8. The van der Waals surface area contributed by atoms with Gasteiger partial charge in [-0.1, -0.05) is 35.9 Å². The van der Waals surface area contributed by atoms with Crippen LogP contribution in [0.4, 0.5) is 15.0 Å². The van der Waals surface area contributed by atoms with Gasteiger partial charge >= 0.3 is 12.1 Å². The first-order chi connectivity index (χ1) is 24.0. The van der Waals surface area contributed by atoms with E-state index < -0.39 is 5.82 Å². The van der Waals surface area contributed by atoms with Gasteiger partial charge in [-0.15, -0.1) is 0 Å². The largest absolute Gasteiger partial charge is 0.508 e. The van der Waals surface area contributed by atoms with Crippen LogP contribution in [-0.2, 0) is 4.74 Å². The fraction of sp³-hybridized carbons (Fsp3) is 0.500. The summed E-state index contributed by atoms with van der Waals surface area (Å²) in [5.41, 5.74) is 2.42. The number of aryl methyl sites for hydroxylation is 1. The summed E-state index contributed by atoms with van der Waals surface area (Å²) in [6.07, 6.45) is 8.76. The minimum absolute atomic E-state index is 0.0113. The van der Waals surface area contributed by atoms with Crippen molar-refractivity contribution >= 4 is 46.1 Å². The molecule has 1 aromatic heterocycles. The number of hydrogen-bond donors (Lipinski definition) is 2. The number of nitrogens with one attached hydrogen (secondary N) is 1. The van der Waals surface area contributed by atoms with E-state index >= 15 is 4.39 Å². The number of benzene rings is 2. The number of nitrogens with zero attached hydrogens (tertiary/aromatic N) is 5. The number of fused-ring (bicyclic) bond motifs is 4. The highest BCUT2D eigenvalue weighted by molar-refractivity contribution is 6.33. The second-order valence-corrected chi connectivity index (χ2v) is 15.0. The fourth-order valence-electron chi connectivity index (χ4n) is 8.33. The van der Waals surface area contributed by atoms with Crippen LogP contribution < -0.4 is 15.0 Å². The molecular weight excluding hydrogens is 659 g/mol. The van der Waals surface area contributed by atoms with E-state index in [2.05, 4.69) is 20.1 Å². The van der Waals surface area contributed by atoms with Gasteiger partial charge in [0.2, 0.25) is 0 Å². The Morgan fingerprint density at radius 2 is 1.94 bits per heavy atom. The van der Waals surface area contributed by atoms with E-state index in [-0.39, 0.29) is 45.5 Å². The maximum atomic E-state index is 16.8. The molecular formula is C38H46ClFN6O4. The molecule has 0 radical (unpaired) electrons. The first kappa shape index (κ1) is 34.5. The fourth-order valence-corrected chi connectivity index (χ4v) is 8.67. The lowest BCUT2D eigenvalue weighted by molar-refractivity contribution is 0.0484. The summed E-state index contributed by atoms with van der Waals surface area (Å²) in [5.74, 6) is 0.0176. The van der Waals surface area contributed by atoms with Gasteiger partial charge in [0, 0.05) is 56.3 Å². The van der Waals surface area contributed by atoms with Gasteiger partial charge < -0.3 is 29.7 Å². The number of aliphatic hydroxyl groups excluding tert-OH is 1. The quantitative estimate of drug-likeness (QED) is 0.185. The van der Waals surface area contributed by atoms with Crippen molar-refractivity contribution in [2.24, 2.45) is 0 Å². The smallest absolute Gasteiger partial charge is 0.409 e. The molecule has 5 heterocycles. The zero-order valence-electron chi connectivity index (χ0n) is 29.2. The molecule has 0 saturated carbocycles. The van der Waals surface area contributed by atoms with Gasteiger partial charge in [-0.3, -0.25) is 4.90 Å². The molecule has 4 saturated heterocycles. The number of carbonyl (C=O) groups excluding carboxylic acids is 1. The molecule has 2 aromatic carbocycles. The number of halogens is 2. The summed E-state index contributed by atoms with van der Waals surface area (Å²) in [7, 11) is 3.36. The van der Waals surface area contributed by atoms with E-state index in [9.17, 15) is 9.90 Å². The molecule has 4 aliphatic heterocycles. The zero-order chi connectivity index (χ0) is 35.2. The third-order valence-electron chi connectivity index (χ3n) is 10.9. The molecule has 1 amide bonds. The number of ether oxygens (including phenoxy) is 2. The Bertz CT molecular complexity index is 1840. The molecule has 3 aromatic rings. The highest BCUT2D eigenvalue weighted by Gasteiger charge is 2.50. The molecule has 12 heteroatoms. The minimum Gasteiger partial charge on any atom is -0.508 e. The third kappa shape index (κ3) is 6.75. The number of hydrogen-bond acceptors (Lipinski definition) is 9. The standard InChI is InChI=1S/C38H46ClFN6O4/c1-23-8-5-6-9-25(23)17-29(47)16-24(2)32-31(39)18-30-34(33(32)40)42-36(43-35(30)45-19-26-10-11-27(20-45)41-26)50-22-38-13-7-15-46(38)28(12-14-38)21-49-37(48)44(3)4/h5-6,8-9,16-18,26-28,41,47H,7,10-15,19-22H2,1-4H3/b24-16+,29-17+. The van der Waals surface area contributed by atoms with Gasteiger partial charge in [-0.2, -0.15) is 9.97 Å². The predicted molar refractivity (Wildman–Crippen MR) is 194 cm³/mol. The van der Waals surface area contributed by atoms with Crippen LogP contribution in [0.2, 0.25) is 5.02 Å². The second kappa shape index (κ2) is 14.0. The SMILES string of the molecule is C/C(=C\C(O)=C/c1ccccc1C)c1c(Cl)cc2c(N3CC4CCC(C3)N4)nc(OCC34CCCN3C(COC(=O)N(C)C)CC4)nc2c1F. The van der Waals surface area contributed by atoms with Gasteiger partial charge in [0.25, 0.3) is 0 Å². The summed E-state index contributed by atoms with van der Waals surface area (Å²) in [6, 6.07) is 10.4. The molecule has 50 heavy (non-hydrogen) atoms. The van der Waals surface area contributed by atoms with Crippen molar-refractivity contribution in [2.75, 3.05) is 51.8 Å². The Morgan fingerprint density at radius 3 is 2.68 bits per heavy atom. The van der Waals surface area contributed by atoms with Crippen LogP contribution in [0.25, 0.3) is 22.6 Å². The van der Waals surface area contributed by atoms with Crippen molar-refractivity contribution in [3.05, 3.63) is 69.7 Å². The van der Waals surface area contributed by atoms with Gasteiger partial charge in [0.05, 0.1) is 10.6 Å². The van der Waals surface area contributed by atoms with Crippen molar-refractivity contribution in [2.45, 2.75) is 76.0 Å². The van der Waals surface area contributed by atoms with Gasteiger partial charge in [-0.25, -0.2) is 9.18 Å². The Labute approximate surface area is 297 Å². The number of rotatable bonds is 9. The average Bonchev–Trinajstić information content (AvgIpc) is 3.76. The summed E-state index contributed by atoms with van der Waals surface area (Å²) in [5, 5.41) is 15.3. The molecule has 7 rings (SSSR count). The topological polar surface area (TPSA) is 103 Å². The molecule has 266 valence electrons. The number of carbonyl (C=O) groups is 1. The summed E-state index contributed by atoms with van der Waals surface area (Å²) in [4.78, 5) is 27.8. The first-order valence-electron chi connectivity index (χ1n) is 17.6. The Morgan fingerprint density at radius 1 is 1.18 bits per heavy atom. The van der Waals surface area contributed by atoms with Crippen LogP contribution in [0, 0.1) is 12.7 Å². The van der Waals surface area contributed by atoms with Crippen molar-refractivity contribution < 1.29 is 23.8 Å². The van der Waals surface area contributed by atoms with Crippen LogP contribution in [0.15, 0.2) is 42.2 Å². The van der Waals surface area contributed by atoms with Crippen molar-refractivity contribution in [1.82, 2.24) is 25.1 Å². The second-order valence-electron chi connectivity index (χ2n) is 14.5. The lowest BCUT2D eigenvalue weighted by Gasteiger charge is -2.35. The molecule has 10 nitrogen and oxygen atoms in total. The number of anilines is 1. The van der Waals surface area contributed by atoms with Crippen LogP contribution in [0.1, 0.15) is 62.1 Å². The summed E-state index contributed by atoms with van der Waals surface area (Å²) < 4.78 is 28.8. The monoisotopic (exact) mass is 704 g/mol. The molecule has 2 bridgehead atoms. The number of allylic oxidation sites excluding steroid dienone is 2. The normalized spacial score (nSPS) is 25.3. The lowest BCUT2D eigenvalue weighted by atomic mass is 9.95. The predicted octanol–water partition coefficient (Wildman–Crippen LogP) is 6.75. The highest BCUT2D eigenvalue weighted by atomic mass is 35.5. The molecule has 4 aliphatic rings. The molecule has 2 N–H and O–H groups in total. The van der Waals surface area contributed by atoms with E-state index in [1.54, 1.807) is 33.2 Å². The highest BCUT2D eigenvalue weighted by Crippen LogP contribution is 2.43. The van der Waals surface area contributed by atoms with Crippen molar-refractivity contribution in [3.8, 4) is 6.01 Å². The van der Waals surface area contributed by atoms with E-state index in [0.717, 1.165) is 69.3 Å². The molecule has 4 unspecified atom stereocenters. The first-order valence-corrected chi connectivity index (χ1v) is 18.0. The van der Waals surface area contributed by atoms with E-state index in [4.69, 9.17) is 26.1 Å². The number of aromatic nitrogens is 2. The van der Waals surface area contributed by atoms with E-state index in [1.165, 1.54) is 11.0 Å². The lowest BCUT2D eigenvalue weighted by Crippen LogP contribution is -2.51. The van der Waals surface area contributed by atoms with Crippen LogP contribution in [0.5, 0.6) is 6.01 Å². The molecule has 0 spiro atoms. The molecule has 4 atom stereocenters. The van der Waals surface area contributed by atoms with E-state index in [1.807, 2.05) is 31.2 Å². The molecule has 0 aliphatic carbocycles. The van der Waals surface area contributed by atoms with Gasteiger partial charge in [-0.05, 0) is 93.8 Å². The third-order valence-corrected chi connectivity index (χ3v) is 11.2. The minimum atomic E-state index is -0.583. The van der Waals surface area contributed by atoms with Crippen molar-refractivity contribution in [3.63, 3.8) is 0 Å². The average molecular weight is 705 g/mol. The number of aliphatic hydroxyl groups is 1. The van der Waals surface area contributed by atoms with Gasteiger partial charge in [0.15, 0.2) is 5.82 Å². The Hall–Kier alpha value is -3.93. The zero-order valence-corrected chi connectivity index (χ0v) is 30.0. The summed E-state index contributed by atoms with van der Waals surface area (Å²) >= 11 is 6.84. The van der Waals surface area contributed by atoms with Crippen LogP contribution in [0.3, 0.4) is 0 Å². The number of amides is 1. The number of piperazine rings is 1. The van der Waals surface area contributed by atoms with E-state index in [0.29, 0.717) is 42.1 Å². The van der Waals surface area contributed by atoms with Gasteiger partial charge in [0.1, 0.15) is 30.3 Å². The Kier molecular flexibility index (Phi) is 9.66. The Balaban J connectivity index is 1.21. The van der Waals surface area contributed by atoms with Crippen LogP contribution >= 0.6 is 11.6 Å².